The van der Waals surface area contributed by atoms with Crippen molar-refractivity contribution in [3.63, 3.8) is 0 Å². The Labute approximate surface area is 710 Å². The maximum atomic E-state index is 15.5. The minimum atomic E-state index is -3.11. The van der Waals surface area contributed by atoms with E-state index in [0.717, 1.165) is 101 Å². The van der Waals surface area contributed by atoms with Gasteiger partial charge < -0.3 is 36.8 Å². The summed E-state index contributed by atoms with van der Waals surface area (Å²) < 4.78 is 61.6. The van der Waals surface area contributed by atoms with Crippen LogP contribution in [0.3, 0.4) is 0 Å². The van der Waals surface area contributed by atoms with E-state index in [1.807, 2.05) is 121 Å². The van der Waals surface area contributed by atoms with E-state index in [1.54, 1.807) is 97.0 Å². The third-order valence-corrected chi connectivity index (χ3v) is 23.1. The molecule has 0 atom stereocenters. The molecule has 1 aliphatic carbocycles. The number of imidazole rings is 1. The maximum Gasteiger partial charge on any atom is 0.386 e. The summed E-state index contributed by atoms with van der Waals surface area (Å²) >= 11 is 7.75. The summed E-state index contributed by atoms with van der Waals surface area (Å²) in [6.07, 6.45) is 14.4. The second kappa shape index (κ2) is 34.2. The number of carbonyl (C=O) groups excluding carboxylic acids is 4. The predicted molar refractivity (Wildman–Crippen MR) is 468 cm³/mol. The molecule has 11 heterocycles. The summed E-state index contributed by atoms with van der Waals surface area (Å²) in [5, 5.41) is 18.7. The summed E-state index contributed by atoms with van der Waals surface area (Å²) in [5.41, 5.74) is 44.3. The SMILES string of the molecule is Cn1ncc(-c2ccc3c(c2)C(CN)=NCC3=O)c1-c1cccn2cncc12.[C-]#[N+]c1c(-c2c(-c3ccc4c(c3)C(CN)=NCC4=O)cnn2C)sc2ccccc12.[C-]#[N+]c1c(OC(F)F)cc(Cl)cc1-c1c(-c2ccc3c(c2)C(CN)=NCC3=O)cnn1C.[C-]#[N+]c1c(OC2CC2)cc(C)c(F)c1-c1c(-c2ccc3c(c2)C(CN)=NCC3=O)cnn1C. The molecule has 0 unspecified atom stereocenters. The van der Waals surface area contributed by atoms with Crippen LogP contribution in [0.1, 0.15) is 82.1 Å². The number of thiophene rings is 1. The van der Waals surface area contributed by atoms with Gasteiger partial charge in [0.25, 0.3) is 0 Å². The van der Waals surface area contributed by atoms with Gasteiger partial charge in [0.05, 0.1) is 119 Å². The van der Waals surface area contributed by atoms with Gasteiger partial charge in [0.1, 0.15) is 43.5 Å². The molecule has 612 valence electrons. The number of ketones is 4. The summed E-state index contributed by atoms with van der Waals surface area (Å²) in [4.78, 5) is 82.3. The van der Waals surface area contributed by atoms with Crippen LogP contribution >= 0.6 is 22.9 Å². The number of rotatable bonds is 16. The number of aliphatic imine (C=N–C) groups is 4. The first-order chi connectivity index (χ1) is 59.5. The highest BCUT2D eigenvalue weighted by atomic mass is 35.5. The summed E-state index contributed by atoms with van der Waals surface area (Å²) in [7, 11) is 7.18. The molecule has 5 aliphatic rings. The fourth-order valence-electron chi connectivity index (χ4n) is 15.7. The molecule has 0 amide bonds. The Balaban J connectivity index is 0.000000122. The lowest BCUT2D eigenvalue weighted by atomic mass is 9.91. The van der Waals surface area contributed by atoms with Gasteiger partial charge in [-0.1, -0.05) is 78.3 Å². The summed E-state index contributed by atoms with van der Waals surface area (Å²) in [5.74, 6) is -0.558. The van der Waals surface area contributed by atoms with E-state index in [4.69, 9.17) is 59.0 Å². The third kappa shape index (κ3) is 15.5. The van der Waals surface area contributed by atoms with Crippen LogP contribution < -0.4 is 32.4 Å². The standard InChI is InChI=1S/C25H22FN5O2.C23H17N5OS.C22H16ClF2N5O2.C21H18N6O/c1-13-8-21(33-15-5-6-15)24(28-2)22(23(13)26)25-18(11-30-31(25)3)14-4-7-16-17(9-14)19(10-27)29-12-20(16)32;1-25-21-15-5-3-4-6-20(15)30-23(21)22-17(11-27-28(22)2)13-7-8-14-16(9-13)18(10-24)26-12-19(14)29;1-27-20-15(6-12(23)7-19(20)32-22(24)25)21-16(9-29-30(21)2)11-3-4-13-14(5-11)17(8-26)28-10-18(13)31;1-26-21(15-3-2-6-27-12-23-10-19(15)27)17(9-25-26)13-4-5-14-16(7-13)18(8-22)24-11-20(14)28/h4,7-9,11,15H,5-6,10,12,27H2,1,3H3;3-9,11H,10,12,24H2,2H3;3-7,9,22H,8,10,26H2,2H3;2-7,9-10,12H,8,11,22H2,1H3. The minimum absolute atomic E-state index is 0.0000380. The Kier molecular flexibility index (Phi) is 22.9. The molecular formula is C91H73ClF3N21O6S. The van der Waals surface area contributed by atoms with Gasteiger partial charge in [0, 0.05) is 154 Å². The Hall–Kier alpha value is -14.6. The first-order valence-corrected chi connectivity index (χ1v) is 39.8. The number of nitrogens with zero attached hydrogens (tertiary/aromatic N) is 17. The lowest BCUT2D eigenvalue weighted by Gasteiger charge is -2.18. The quantitative estimate of drug-likeness (QED) is 0.0653. The molecule has 0 bridgehead atoms. The molecule has 1 fully saturated rings. The van der Waals surface area contributed by atoms with Crippen molar-refractivity contribution in [3.05, 3.63) is 266 Å². The van der Waals surface area contributed by atoms with Crippen molar-refractivity contribution in [2.45, 2.75) is 32.5 Å². The normalized spacial score (nSPS) is 13.8. The van der Waals surface area contributed by atoms with Crippen LogP contribution in [0.4, 0.5) is 30.2 Å². The molecule has 19 rings (SSSR count). The first kappa shape index (κ1) is 82.1. The minimum Gasteiger partial charge on any atom is -0.501 e. The largest absolute Gasteiger partial charge is 0.501 e. The van der Waals surface area contributed by atoms with Crippen molar-refractivity contribution in [2.75, 3.05) is 52.4 Å². The number of Topliss-reactive ketones (excluding diaryl/α,β-unsaturated/α-hetero) is 4. The number of benzene rings is 7. The average Bonchev–Trinajstić information content (AvgIpc) is 1.64. The zero-order valence-corrected chi connectivity index (χ0v) is 68.2. The molecule has 4 aliphatic heterocycles. The van der Waals surface area contributed by atoms with E-state index >= 15 is 4.39 Å². The number of alkyl halides is 2. The van der Waals surface area contributed by atoms with Crippen molar-refractivity contribution < 1.29 is 41.8 Å². The molecule has 1 saturated carbocycles. The number of hydrogen-bond acceptors (Lipinski definition) is 20. The summed E-state index contributed by atoms with van der Waals surface area (Å²) in [6, 6.07) is 38.5. The van der Waals surface area contributed by atoms with Crippen LogP contribution in [0.15, 0.2) is 191 Å². The van der Waals surface area contributed by atoms with Crippen molar-refractivity contribution >= 4 is 102 Å². The summed E-state index contributed by atoms with van der Waals surface area (Å²) in [6.45, 7) is 23.1. The van der Waals surface area contributed by atoms with Gasteiger partial charge in [-0.05, 0) is 114 Å². The number of hydrogen-bond donors (Lipinski definition) is 4. The van der Waals surface area contributed by atoms with Gasteiger partial charge in [-0.3, -0.25) is 57.9 Å². The van der Waals surface area contributed by atoms with Crippen LogP contribution in [0.25, 0.3) is 119 Å². The fraction of sp³-hybridized carbons (Fsp3) is 0.187. The first-order valence-electron chi connectivity index (χ1n) is 38.6. The highest BCUT2D eigenvalue weighted by Gasteiger charge is 2.33. The average molecular weight is 1680 g/mol. The van der Waals surface area contributed by atoms with E-state index in [-0.39, 0.29) is 103 Å². The number of nitrogens with two attached hydrogens (primary N) is 4. The van der Waals surface area contributed by atoms with Gasteiger partial charge >= 0.3 is 6.61 Å². The van der Waals surface area contributed by atoms with Gasteiger partial charge in [-0.25, -0.2) is 23.9 Å². The Morgan fingerprint density at radius 3 is 1.37 bits per heavy atom. The smallest absolute Gasteiger partial charge is 0.386 e. The van der Waals surface area contributed by atoms with Crippen LogP contribution in [-0.2, 0) is 28.2 Å². The number of fused-ring (bicyclic) bond motifs is 6. The molecule has 32 heteroatoms. The molecule has 14 aromatic rings. The monoisotopic (exact) mass is 1680 g/mol. The van der Waals surface area contributed by atoms with E-state index < -0.39 is 12.4 Å². The highest BCUT2D eigenvalue weighted by molar-refractivity contribution is 7.23. The fourth-order valence-corrected chi connectivity index (χ4v) is 17.1. The van der Waals surface area contributed by atoms with Crippen LogP contribution in [-0.4, -0.2) is 160 Å². The van der Waals surface area contributed by atoms with Crippen molar-refractivity contribution in [2.24, 2.45) is 71.1 Å². The number of halogens is 4. The molecule has 0 spiro atoms. The molecule has 0 saturated heterocycles. The zero-order valence-electron chi connectivity index (χ0n) is 66.7. The molecular weight excluding hydrogens is 1610 g/mol. The number of carbonyl (C=O) groups is 4. The van der Waals surface area contributed by atoms with Crippen molar-refractivity contribution in [1.82, 2.24) is 48.5 Å². The molecule has 0 radical (unpaired) electrons. The molecule has 123 heavy (non-hydrogen) atoms. The lowest BCUT2D eigenvalue weighted by Crippen LogP contribution is -2.24. The highest BCUT2D eigenvalue weighted by Crippen LogP contribution is 2.51. The number of aryl methyl sites for hydroxylation is 5. The third-order valence-electron chi connectivity index (χ3n) is 21.7. The molecule has 7 aromatic heterocycles. The number of aromatic nitrogens is 10. The maximum absolute atomic E-state index is 15.5. The van der Waals surface area contributed by atoms with E-state index in [2.05, 4.69) is 70.7 Å². The van der Waals surface area contributed by atoms with E-state index in [9.17, 15) is 28.0 Å². The number of pyridine rings is 1. The molecule has 27 nitrogen and oxygen atoms in total. The van der Waals surface area contributed by atoms with Crippen LogP contribution in [0.2, 0.25) is 5.02 Å². The van der Waals surface area contributed by atoms with Gasteiger partial charge in [-0.2, -0.15) is 29.2 Å². The van der Waals surface area contributed by atoms with Gasteiger partial charge in [-0.15, -0.1) is 11.3 Å². The van der Waals surface area contributed by atoms with Crippen molar-refractivity contribution in [1.29, 1.82) is 0 Å². The molecule has 7 aromatic carbocycles. The van der Waals surface area contributed by atoms with Crippen LogP contribution in [0.5, 0.6) is 11.5 Å². The number of ether oxygens (including phenoxy) is 2. The van der Waals surface area contributed by atoms with E-state index in [0.29, 0.717) is 102 Å². The van der Waals surface area contributed by atoms with Crippen molar-refractivity contribution in [3.8, 4) is 100 Å². The predicted octanol–water partition coefficient (Wildman–Crippen LogP) is 15.6. The van der Waals surface area contributed by atoms with E-state index in [1.165, 1.54) is 16.8 Å². The zero-order chi connectivity index (χ0) is 86.3. The second-order valence-electron chi connectivity index (χ2n) is 29.2. The Morgan fingerprint density at radius 1 is 0.488 bits per heavy atom. The van der Waals surface area contributed by atoms with Crippen LogP contribution in [0, 0.1) is 32.5 Å². The topological polar surface area (TPSA) is 342 Å². The molecule has 8 N–H and O–H groups in total. The van der Waals surface area contributed by atoms with Gasteiger partial charge in [0.2, 0.25) is 17.1 Å². The Bertz CT molecular complexity index is 7010. The van der Waals surface area contributed by atoms with Gasteiger partial charge in [0.15, 0.2) is 23.1 Å². The second-order valence-corrected chi connectivity index (χ2v) is 30.7. The Morgan fingerprint density at radius 2 is 0.919 bits per heavy atom. The lowest BCUT2D eigenvalue weighted by molar-refractivity contribution is -0.0492.